The lowest BCUT2D eigenvalue weighted by molar-refractivity contribution is 0.0209. The molecular formula is C12H17ClN4O. The quantitative estimate of drug-likeness (QED) is 0.802. The molecule has 98 valence electrons. The molecule has 0 amide bonds. The molecule has 0 radical (unpaired) electrons. The van der Waals surface area contributed by atoms with Crippen molar-refractivity contribution < 1.29 is 4.74 Å². The van der Waals surface area contributed by atoms with E-state index in [9.17, 15) is 0 Å². The second kappa shape index (κ2) is 5.38. The summed E-state index contributed by atoms with van der Waals surface area (Å²) in [4.78, 5) is 13.3. The van der Waals surface area contributed by atoms with Gasteiger partial charge in [-0.25, -0.2) is 9.97 Å². The van der Waals surface area contributed by atoms with E-state index in [0.717, 1.165) is 45.3 Å². The summed E-state index contributed by atoms with van der Waals surface area (Å²) in [5.41, 5.74) is 0. The van der Waals surface area contributed by atoms with E-state index in [1.165, 1.54) is 6.42 Å². The van der Waals surface area contributed by atoms with E-state index in [1.54, 1.807) is 12.4 Å². The fourth-order valence-corrected chi connectivity index (χ4v) is 2.73. The minimum absolute atomic E-state index is 0.586. The Morgan fingerprint density at radius 3 is 2.61 bits per heavy atom. The number of halogens is 1. The van der Waals surface area contributed by atoms with Gasteiger partial charge in [0.1, 0.15) is 0 Å². The molecule has 6 heteroatoms. The Hall–Kier alpha value is -0.910. The van der Waals surface area contributed by atoms with Crippen molar-refractivity contribution in [1.82, 2.24) is 14.9 Å². The highest BCUT2D eigenvalue weighted by atomic mass is 35.5. The normalized spacial score (nSPS) is 25.6. The van der Waals surface area contributed by atoms with Crippen molar-refractivity contribution in [3.05, 3.63) is 17.4 Å². The average Bonchev–Trinajstić information content (AvgIpc) is 2.90. The van der Waals surface area contributed by atoms with Crippen molar-refractivity contribution in [2.75, 3.05) is 44.3 Å². The molecule has 2 fully saturated rings. The molecule has 1 aromatic rings. The lowest BCUT2D eigenvalue weighted by atomic mass is 10.2. The van der Waals surface area contributed by atoms with Crippen molar-refractivity contribution >= 4 is 17.5 Å². The molecule has 1 unspecified atom stereocenters. The molecule has 0 spiro atoms. The van der Waals surface area contributed by atoms with Crippen molar-refractivity contribution in [3.8, 4) is 0 Å². The van der Waals surface area contributed by atoms with Gasteiger partial charge in [-0.05, 0) is 6.42 Å². The van der Waals surface area contributed by atoms with E-state index in [1.807, 2.05) is 0 Å². The zero-order chi connectivity index (χ0) is 12.4. The highest BCUT2D eigenvalue weighted by Gasteiger charge is 2.29. The molecule has 0 bridgehead atoms. The van der Waals surface area contributed by atoms with Crippen LogP contribution in [0, 0.1) is 0 Å². The molecule has 0 aromatic carbocycles. The van der Waals surface area contributed by atoms with E-state index in [2.05, 4.69) is 19.8 Å². The average molecular weight is 269 g/mol. The second-order valence-corrected chi connectivity index (χ2v) is 5.17. The lowest BCUT2D eigenvalue weighted by Gasteiger charge is -2.32. The maximum atomic E-state index is 5.80. The first-order chi connectivity index (χ1) is 8.83. The van der Waals surface area contributed by atoms with Crippen LogP contribution in [0.15, 0.2) is 12.4 Å². The van der Waals surface area contributed by atoms with Crippen LogP contribution in [0.3, 0.4) is 0 Å². The van der Waals surface area contributed by atoms with Crippen molar-refractivity contribution in [3.63, 3.8) is 0 Å². The molecule has 0 N–H and O–H groups in total. The van der Waals surface area contributed by atoms with Gasteiger partial charge in [0, 0.05) is 32.2 Å². The standard InChI is InChI=1S/C12H17ClN4O/c13-10-7-14-12(15-8-10)17-2-1-11(9-17)16-3-5-18-6-4-16/h7-8,11H,1-6,9H2. The van der Waals surface area contributed by atoms with Gasteiger partial charge in [0.05, 0.1) is 30.6 Å². The molecule has 2 saturated heterocycles. The Kier molecular flexibility index (Phi) is 3.63. The number of morpholine rings is 1. The molecule has 1 atom stereocenters. The maximum absolute atomic E-state index is 5.80. The summed E-state index contributed by atoms with van der Waals surface area (Å²) in [6, 6.07) is 0.605. The van der Waals surface area contributed by atoms with E-state index < -0.39 is 0 Å². The van der Waals surface area contributed by atoms with Crippen LogP contribution in [0.2, 0.25) is 5.02 Å². The van der Waals surface area contributed by atoms with E-state index in [-0.39, 0.29) is 0 Å². The molecule has 18 heavy (non-hydrogen) atoms. The molecule has 1 aromatic heterocycles. The number of ether oxygens (including phenoxy) is 1. The van der Waals surface area contributed by atoms with E-state index in [0.29, 0.717) is 11.1 Å². The van der Waals surface area contributed by atoms with Crippen molar-refractivity contribution in [2.24, 2.45) is 0 Å². The van der Waals surface area contributed by atoms with Gasteiger partial charge in [-0.15, -0.1) is 0 Å². The van der Waals surface area contributed by atoms with Crippen LogP contribution in [0.1, 0.15) is 6.42 Å². The molecule has 5 nitrogen and oxygen atoms in total. The number of nitrogens with zero attached hydrogens (tertiary/aromatic N) is 4. The largest absolute Gasteiger partial charge is 0.379 e. The predicted molar refractivity (Wildman–Crippen MR) is 70.1 cm³/mol. The van der Waals surface area contributed by atoms with Crippen LogP contribution < -0.4 is 4.90 Å². The molecule has 3 heterocycles. The maximum Gasteiger partial charge on any atom is 0.225 e. The minimum Gasteiger partial charge on any atom is -0.379 e. The Morgan fingerprint density at radius 2 is 1.89 bits per heavy atom. The first-order valence-electron chi connectivity index (χ1n) is 6.37. The fraction of sp³-hybridized carbons (Fsp3) is 0.667. The Labute approximate surface area is 112 Å². The third-order valence-electron chi connectivity index (χ3n) is 3.61. The molecule has 0 aliphatic carbocycles. The van der Waals surface area contributed by atoms with Gasteiger partial charge in [0.2, 0.25) is 5.95 Å². The fourth-order valence-electron chi connectivity index (χ4n) is 2.63. The van der Waals surface area contributed by atoms with Crippen LogP contribution in [0.25, 0.3) is 0 Å². The molecule has 0 saturated carbocycles. The monoisotopic (exact) mass is 268 g/mol. The summed E-state index contributed by atoms with van der Waals surface area (Å²) in [5.74, 6) is 0.787. The lowest BCUT2D eigenvalue weighted by Crippen LogP contribution is -2.44. The van der Waals surface area contributed by atoms with E-state index in [4.69, 9.17) is 16.3 Å². The van der Waals surface area contributed by atoms with E-state index >= 15 is 0 Å². The summed E-state index contributed by atoms with van der Waals surface area (Å²) in [5, 5.41) is 0.586. The molecular weight excluding hydrogens is 252 g/mol. The summed E-state index contributed by atoms with van der Waals surface area (Å²) in [6.45, 7) is 5.81. The van der Waals surface area contributed by atoms with Gasteiger partial charge in [0.15, 0.2) is 0 Å². The smallest absolute Gasteiger partial charge is 0.225 e. The third kappa shape index (κ3) is 2.58. The number of hydrogen-bond donors (Lipinski definition) is 0. The predicted octanol–water partition coefficient (Wildman–Crippen LogP) is 1.04. The highest BCUT2D eigenvalue weighted by Crippen LogP contribution is 2.21. The van der Waals surface area contributed by atoms with Gasteiger partial charge in [-0.2, -0.15) is 0 Å². The van der Waals surface area contributed by atoms with Crippen molar-refractivity contribution in [2.45, 2.75) is 12.5 Å². The second-order valence-electron chi connectivity index (χ2n) is 4.74. The van der Waals surface area contributed by atoms with Crippen LogP contribution in [0.4, 0.5) is 5.95 Å². The molecule has 3 rings (SSSR count). The number of rotatable bonds is 2. The topological polar surface area (TPSA) is 41.5 Å². The number of aromatic nitrogens is 2. The summed E-state index contributed by atoms with van der Waals surface area (Å²) < 4.78 is 5.39. The van der Waals surface area contributed by atoms with Crippen LogP contribution >= 0.6 is 11.6 Å². The zero-order valence-electron chi connectivity index (χ0n) is 10.3. The summed E-state index contributed by atoms with van der Waals surface area (Å²) in [7, 11) is 0. The Morgan fingerprint density at radius 1 is 1.17 bits per heavy atom. The SMILES string of the molecule is Clc1cnc(N2CCC(N3CCOCC3)C2)nc1. The molecule has 2 aliphatic rings. The number of anilines is 1. The third-order valence-corrected chi connectivity index (χ3v) is 3.81. The van der Waals surface area contributed by atoms with Crippen LogP contribution in [-0.2, 0) is 4.74 Å². The van der Waals surface area contributed by atoms with Gasteiger partial charge in [-0.1, -0.05) is 11.6 Å². The first-order valence-corrected chi connectivity index (χ1v) is 6.75. The first kappa shape index (κ1) is 12.1. The number of hydrogen-bond acceptors (Lipinski definition) is 5. The van der Waals surface area contributed by atoms with Gasteiger partial charge < -0.3 is 9.64 Å². The minimum atomic E-state index is 0.586. The highest BCUT2D eigenvalue weighted by molar-refractivity contribution is 6.30. The van der Waals surface area contributed by atoms with Crippen LogP contribution in [-0.4, -0.2) is 60.3 Å². The summed E-state index contributed by atoms with van der Waals surface area (Å²) >= 11 is 5.80. The van der Waals surface area contributed by atoms with Gasteiger partial charge in [-0.3, -0.25) is 4.90 Å². The Balaban J connectivity index is 1.62. The van der Waals surface area contributed by atoms with Crippen molar-refractivity contribution in [1.29, 1.82) is 0 Å². The Bertz CT molecular complexity index is 394. The van der Waals surface area contributed by atoms with Gasteiger partial charge in [0.25, 0.3) is 0 Å². The summed E-state index contributed by atoms with van der Waals surface area (Å²) in [6.07, 6.45) is 4.49. The van der Waals surface area contributed by atoms with Crippen LogP contribution in [0.5, 0.6) is 0 Å². The van der Waals surface area contributed by atoms with Gasteiger partial charge >= 0.3 is 0 Å². The molecule has 2 aliphatic heterocycles. The zero-order valence-corrected chi connectivity index (χ0v) is 11.0.